The summed E-state index contributed by atoms with van der Waals surface area (Å²) in [5, 5.41) is 5.65. The molecule has 3 N–H and O–H groups in total. The van der Waals surface area contributed by atoms with Gasteiger partial charge in [0, 0.05) is 24.9 Å². The van der Waals surface area contributed by atoms with Crippen LogP contribution in [0.3, 0.4) is 0 Å². The zero-order valence-corrected chi connectivity index (χ0v) is 11.3. The van der Waals surface area contributed by atoms with Gasteiger partial charge in [-0.25, -0.2) is 4.98 Å². The first kappa shape index (κ1) is 13.5. The molecule has 1 aliphatic heterocycles. The summed E-state index contributed by atoms with van der Waals surface area (Å²) in [6.07, 6.45) is 3.30. The van der Waals surface area contributed by atoms with E-state index in [4.69, 9.17) is 5.73 Å². The minimum atomic E-state index is -0.0753. The summed E-state index contributed by atoms with van der Waals surface area (Å²) in [7, 11) is 0. The van der Waals surface area contributed by atoms with E-state index in [1.807, 2.05) is 0 Å². The van der Waals surface area contributed by atoms with Crippen molar-refractivity contribution in [2.75, 3.05) is 32.7 Å². The van der Waals surface area contributed by atoms with E-state index >= 15 is 0 Å². The molecular weight excluding hydrogens is 248 g/mol. The summed E-state index contributed by atoms with van der Waals surface area (Å²) in [5.74, 6) is -0.0753. The molecule has 1 aromatic heterocycles. The lowest BCUT2D eigenvalue weighted by atomic mass is 10.4. The van der Waals surface area contributed by atoms with Crippen LogP contribution in [-0.4, -0.2) is 48.5 Å². The Kier molecular flexibility index (Phi) is 5.10. The standard InChI is InChI=1S/C12H20N4OS/c13-4-3-11-15-10(9-18-11)12(17)14-5-8-16-6-1-2-7-16/h9H,1-8,13H2,(H,14,17). The fourth-order valence-electron chi connectivity index (χ4n) is 2.08. The van der Waals surface area contributed by atoms with Crippen LogP contribution in [0.4, 0.5) is 0 Å². The third-order valence-corrected chi connectivity index (χ3v) is 3.96. The summed E-state index contributed by atoms with van der Waals surface area (Å²) < 4.78 is 0. The van der Waals surface area contributed by atoms with Gasteiger partial charge >= 0.3 is 0 Å². The second-order valence-corrected chi connectivity index (χ2v) is 5.41. The van der Waals surface area contributed by atoms with Crippen LogP contribution in [0.1, 0.15) is 28.3 Å². The van der Waals surface area contributed by atoms with Crippen LogP contribution in [0.5, 0.6) is 0 Å². The summed E-state index contributed by atoms with van der Waals surface area (Å²) in [5.41, 5.74) is 5.97. The van der Waals surface area contributed by atoms with Crippen LogP contribution in [0.2, 0.25) is 0 Å². The Morgan fingerprint density at radius 1 is 1.50 bits per heavy atom. The molecule has 100 valence electrons. The van der Waals surface area contributed by atoms with Crippen molar-refractivity contribution < 1.29 is 4.79 Å². The number of carbonyl (C=O) groups excluding carboxylic acids is 1. The van der Waals surface area contributed by atoms with Gasteiger partial charge in [0.25, 0.3) is 5.91 Å². The largest absolute Gasteiger partial charge is 0.349 e. The predicted molar refractivity (Wildman–Crippen MR) is 72.9 cm³/mol. The highest BCUT2D eigenvalue weighted by atomic mass is 32.1. The number of rotatable bonds is 6. The number of aromatic nitrogens is 1. The molecule has 0 radical (unpaired) electrons. The third kappa shape index (κ3) is 3.76. The molecular formula is C12H20N4OS. The normalized spacial score (nSPS) is 16.1. The molecule has 0 aromatic carbocycles. The van der Waals surface area contributed by atoms with Crippen molar-refractivity contribution in [3.8, 4) is 0 Å². The number of likely N-dealkylation sites (tertiary alicyclic amines) is 1. The van der Waals surface area contributed by atoms with Gasteiger partial charge < -0.3 is 16.0 Å². The molecule has 1 aliphatic rings. The van der Waals surface area contributed by atoms with Crippen LogP contribution >= 0.6 is 11.3 Å². The number of carbonyl (C=O) groups is 1. The zero-order valence-electron chi connectivity index (χ0n) is 10.5. The Bertz CT molecular complexity index is 387. The van der Waals surface area contributed by atoms with E-state index in [1.54, 1.807) is 5.38 Å². The molecule has 2 rings (SSSR count). The minimum Gasteiger partial charge on any atom is -0.349 e. The lowest BCUT2D eigenvalue weighted by molar-refractivity contribution is 0.0945. The van der Waals surface area contributed by atoms with Gasteiger partial charge in [0.2, 0.25) is 0 Å². The van der Waals surface area contributed by atoms with Gasteiger partial charge in [-0.3, -0.25) is 4.79 Å². The number of hydrogen-bond acceptors (Lipinski definition) is 5. The maximum absolute atomic E-state index is 11.8. The van der Waals surface area contributed by atoms with E-state index in [0.717, 1.165) is 31.1 Å². The Labute approximate surface area is 111 Å². The van der Waals surface area contributed by atoms with Crippen molar-refractivity contribution in [1.82, 2.24) is 15.2 Å². The number of amides is 1. The van der Waals surface area contributed by atoms with Gasteiger partial charge in [0.1, 0.15) is 5.69 Å². The molecule has 0 spiro atoms. The third-order valence-electron chi connectivity index (χ3n) is 3.05. The van der Waals surface area contributed by atoms with Gasteiger partial charge in [-0.1, -0.05) is 0 Å². The van der Waals surface area contributed by atoms with Crippen molar-refractivity contribution in [1.29, 1.82) is 0 Å². The second kappa shape index (κ2) is 6.82. The van der Waals surface area contributed by atoms with Crippen LogP contribution < -0.4 is 11.1 Å². The molecule has 1 fully saturated rings. The highest BCUT2D eigenvalue weighted by molar-refractivity contribution is 7.09. The van der Waals surface area contributed by atoms with E-state index in [-0.39, 0.29) is 5.91 Å². The maximum Gasteiger partial charge on any atom is 0.270 e. The monoisotopic (exact) mass is 268 g/mol. The number of thiazole rings is 1. The molecule has 0 unspecified atom stereocenters. The molecule has 6 heteroatoms. The second-order valence-electron chi connectivity index (χ2n) is 4.47. The van der Waals surface area contributed by atoms with Crippen LogP contribution in [-0.2, 0) is 6.42 Å². The average Bonchev–Trinajstić information content (AvgIpc) is 3.00. The van der Waals surface area contributed by atoms with Gasteiger partial charge in [-0.15, -0.1) is 11.3 Å². The molecule has 0 saturated carbocycles. The van der Waals surface area contributed by atoms with Gasteiger partial charge in [-0.05, 0) is 32.5 Å². The number of nitrogens with one attached hydrogen (secondary N) is 1. The lowest BCUT2D eigenvalue weighted by Gasteiger charge is -2.14. The summed E-state index contributed by atoms with van der Waals surface area (Å²) in [4.78, 5) is 18.5. The smallest absolute Gasteiger partial charge is 0.270 e. The van der Waals surface area contributed by atoms with Gasteiger partial charge in [0.05, 0.1) is 5.01 Å². The highest BCUT2D eigenvalue weighted by Gasteiger charge is 2.13. The molecule has 1 aromatic rings. The summed E-state index contributed by atoms with van der Waals surface area (Å²) >= 11 is 1.50. The van der Waals surface area contributed by atoms with E-state index in [1.165, 1.54) is 24.2 Å². The highest BCUT2D eigenvalue weighted by Crippen LogP contribution is 2.10. The SMILES string of the molecule is NCCc1nc(C(=O)NCCN2CCCC2)cs1. The van der Waals surface area contributed by atoms with Crippen LogP contribution in [0.15, 0.2) is 5.38 Å². The van der Waals surface area contributed by atoms with Crippen LogP contribution in [0.25, 0.3) is 0 Å². The zero-order chi connectivity index (χ0) is 12.8. The van der Waals surface area contributed by atoms with Crippen molar-refractivity contribution in [2.24, 2.45) is 5.73 Å². The van der Waals surface area contributed by atoms with E-state index in [2.05, 4.69) is 15.2 Å². The average molecular weight is 268 g/mol. The molecule has 0 atom stereocenters. The summed E-state index contributed by atoms with van der Waals surface area (Å²) in [6.45, 7) is 4.53. The Morgan fingerprint density at radius 3 is 3.00 bits per heavy atom. The van der Waals surface area contributed by atoms with Crippen molar-refractivity contribution in [3.05, 3.63) is 16.1 Å². The molecule has 5 nitrogen and oxygen atoms in total. The van der Waals surface area contributed by atoms with E-state index in [9.17, 15) is 4.79 Å². The maximum atomic E-state index is 11.8. The van der Waals surface area contributed by atoms with Crippen molar-refractivity contribution in [3.63, 3.8) is 0 Å². The molecule has 1 saturated heterocycles. The Balaban J connectivity index is 1.72. The number of nitrogens with zero attached hydrogens (tertiary/aromatic N) is 2. The number of nitrogens with two attached hydrogens (primary N) is 1. The predicted octanol–water partition coefficient (Wildman–Crippen LogP) is 0.470. The topological polar surface area (TPSA) is 71.2 Å². The van der Waals surface area contributed by atoms with Gasteiger partial charge in [0.15, 0.2) is 0 Å². The molecule has 2 heterocycles. The quantitative estimate of drug-likeness (QED) is 0.787. The first-order valence-electron chi connectivity index (χ1n) is 6.44. The Morgan fingerprint density at radius 2 is 2.28 bits per heavy atom. The van der Waals surface area contributed by atoms with Crippen LogP contribution in [0, 0.1) is 0 Å². The fraction of sp³-hybridized carbons (Fsp3) is 0.667. The van der Waals surface area contributed by atoms with E-state index < -0.39 is 0 Å². The minimum absolute atomic E-state index is 0.0753. The lowest BCUT2D eigenvalue weighted by Crippen LogP contribution is -2.33. The molecule has 18 heavy (non-hydrogen) atoms. The first-order valence-corrected chi connectivity index (χ1v) is 7.32. The molecule has 0 aliphatic carbocycles. The number of hydrogen-bond donors (Lipinski definition) is 2. The first-order chi connectivity index (χ1) is 8.79. The molecule has 1 amide bonds. The fourth-order valence-corrected chi connectivity index (χ4v) is 2.87. The van der Waals surface area contributed by atoms with Crippen molar-refractivity contribution in [2.45, 2.75) is 19.3 Å². The van der Waals surface area contributed by atoms with E-state index in [0.29, 0.717) is 18.8 Å². The van der Waals surface area contributed by atoms with Gasteiger partial charge in [-0.2, -0.15) is 0 Å². The van der Waals surface area contributed by atoms with Crippen molar-refractivity contribution >= 4 is 17.2 Å². The molecule has 0 bridgehead atoms. The Hall–Kier alpha value is -0.980. The summed E-state index contributed by atoms with van der Waals surface area (Å²) in [6, 6.07) is 0.